The van der Waals surface area contributed by atoms with Crippen LogP contribution >= 0.6 is 23.4 Å². The fraction of sp³-hybridized carbons (Fsp3) is 0.304. The first-order valence-corrected chi connectivity index (χ1v) is 11.5. The van der Waals surface area contributed by atoms with Crippen LogP contribution in [0.1, 0.15) is 12.5 Å². The number of nitrogens with zero attached hydrogens (tertiary/aromatic N) is 3. The molecule has 1 atom stereocenters. The average Bonchev–Trinajstić information content (AvgIpc) is 3.24. The van der Waals surface area contributed by atoms with E-state index in [4.69, 9.17) is 16.3 Å². The molecule has 0 bridgehead atoms. The average molecular weight is 457 g/mol. The van der Waals surface area contributed by atoms with E-state index in [1.54, 1.807) is 6.20 Å². The Labute approximate surface area is 191 Å². The Balaban J connectivity index is 1.41. The molecule has 1 aliphatic heterocycles. The summed E-state index contributed by atoms with van der Waals surface area (Å²) in [4.78, 5) is 19.5. The van der Waals surface area contributed by atoms with Crippen LogP contribution in [0.5, 0.6) is 0 Å². The molecule has 1 N–H and O–H groups in total. The first-order valence-electron chi connectivity index (χ1n) is 10.2. The maximum atomic E-state index is 12.8. The summed E-state index contributed by atoms with van der Waals surface area (Å²) in [5, 5.41) is 4.13. The molecule has 1 fully saturated rings. The van der Waals surface area contributed by atoms with Crippen LogP contribution in [-0.2, 0) is 9.53 Å². The zero-order valence-corrected chi connectivity index (χ0v) is 19.1. The van der Waals surface area contributed by atoms with Gasteiger partial charge in [-0.15, -0.1) is 0 Å². The monoisotopic (exact) mass is 456 g/mol. The number of ether oxygens (including phenoxy) is 1. The van der Waals surface area contributed by atoms with E-state index < -0.39 is 0 Å². The number of halogens is 1. The van der Waals surface area contributed by atoms with Crippen molar-refractivity contribution in [2.24, 2.45) is 0 Å². The van der Waals surface area contributed by atoms with Crippen LogP contribution in [0.4, 0.5) is 11.4 Å². The molecule has 1 saturated heterocycles. The molecule has 2 aromatic carbocycles. The molecule has 1 unspecified atom stereocenters. The van der Waals surface area contributed by atoms with Gasteiger partial charge in [-0.1, -0.05) is 29.4 Å². The first-order chi connectivity index (χ1) is 15.0. The topological polar surface area (TPSA) is 59.4 Å². The molecule has 31 heavy (non-hydrogen) atoms. The highest BCUT2D eigenvalue weighted by Crippen LogP contribution is 2.29. The summed E-state index contributed by atoms with van der Waals surface area (Å²) in [7, 11) is 0. The number of anilines is 2. The number of hydrogen-bond acceptors (Lipinski definition) is 5. The number of nitrogens with one attached hydrogen (secondary N) is 1. The predicted octanol–water partition coefficient (Wildman–Crippen LogP) is 4.79. The van der Waals surface area contributed by atoms with Crippen molar-refractivity contribution in [1.29, 1.82) is 0 Å². The Bertz CT molecular complexity index is 1050. The molecule has 0 saturated carbocycles. The molecule has 0 aliphatic carbocycles. The van der Waals surface area contributed by atoms with E-state index in [1.165, 1.54) is 11.8 Å². The maximum Gasteiger partial charge on any atom is 0.237 e. The van der Waals surface area contributed by atoms with Gasteiger partial charge in [-0.2, -0.15) is 0 Å². The predicted molar refractivity (Wildman–Crippen MR) is 127 cm³/mol. The zero-order chi connectivity index (χ0) is 21.8. The Hall–Kier alpha value is -2.48. The number of rotatable bonds is 6. The van der Waals surface area contributed by atoms with Crippen LogP contribution in [-0.4, -0.2) is 47.0 Å². The van der Waals surface area contributed by atoms with Crippen LogP contribution in [0.2, 0.25) is 5.02 Å². The van der Waals surface area contributed by atoms with Crippen LogP contribution in [0.15, 0.2) is 60.0 Å². The second-order valence-corrected chi connectivity index (χ2v) is 9.07. The molecule has 8 heteroatoms. The van der Waals surface area contributed by atoms with Gasteiger partial charge in [0.15, 0.2) is 5.16 Å². The van der Waals surface area contributed by atoms with Crippen molar-refractivity contribution < 1.29 is 9.53 Å². The largest absolute Gasteiger partial charge is 0.378 e. The number of aromatic nitrogens is 2. The lowest BCUT2D eigenvalue weighted by atomic mass is 10.2. The van der Waals surface area contributed by atoms with Gasteiger partial charge >= 0.3 is 0 Å². The molecule has 4 rings (SSSR count). The van der Waals surface area contributed by atoms with E-state index in [9.17, 15) is 4.79 Å². The van der Waals surface area contributed by atoms with Crippen molar-refractivity contribution in [2.45, 2.75) is 24.3 Å². The minimum atomic E-state index is -0.320. The summed E-state index contributed by atoms with van der Waals surface area (Å²) in [5.74, 6) is -0.0681. The molecule has 3 aromatic rings. The van der Waals surface area contributed by atoms with E-state index >= 15 is 0 Å². The van der Waals surface area contributed by atoms with Crippen molar-refractivity contribution in [3.63, 3.8) is 0 Å². The molecule has 0 radical (unpaired) electrons. The Morgan fingerprint density at radius 2 is 1.94 bits per heavy atom. The zero-order valence-electron chi connectivity index (χ0n) is 17.5. The fourth-order valence-electron chi connectivity index (χ4n) is 3.45. The third kappa shape index (κ3) is 5.06. The van der Waals surface area contributed by atoms with Gasteiger partial charge in [0.25, 0.3) is 0 Å². The molecule has 6 nitrogen and oxygen atoms in total. The van der Waals surface area contributed by atoms with Crippen LogP contribution < -0.4 is 10.2 Å². The third-order valence-corrected chi connectivity index (χ3v) is 6.76. The lowest BCUT2D eigenvalue weighted by molar-refractivity contribution is -0.115. The van der Waals surface area contributed by atoms with Gasteiger partial charge in [-0.25, -0.2) is 4.98 Å². The number of benzene rings is 2. The second-order valence-electron chi connectivity index (χ2n) is 7.36. The Kier molecular flexibility index (Phi) is 6.85. The van der Waals surface area contributed by atoms with Crippen molar-refractivity contribution in [3.8, 4) is 5.69 Å². The number of morpholine rings is 1. The molecular formula is C23H25ClN4O2S. The van der Waals surface area contributed by atoms with Crippen molar-refractivity contribution >= 4 is 40.6 Å². The SMILES string of the molecule is Cc1c(Cl)cccc1-n1ccnc1SC(C)C(=O)Nc1ccc(N2CCOCC2)cc1. The van der Waals surface area contributed by atoms with Gasteiger partial charge in [0, 0.05) is 41.9 Å². The number of hydrogen-bond donors (Lipinski definition) is 1. The van der Waals surface area contributed by atoms with E-state index in [0.717, 1.165) is 54.1 Å². The third-order valence-electron chi connectivity index (χ3n) is 5.27. The molecule has 0 spiro atoms. The quantitative estimate of drug-likeness (QED) is 0.540. The summed E-state index contributed by atoms with van der Waals surface area (Å²) in [6.07, 6.45) is 3.62. The minimum absolute atomic E-state index is 0.0681. The van der Waals surface area contributed by atoms with Crippen LogP contribution in [0.3, 0.4) is 0 Å². The summed E-state index contributed by atoms with van der Waals surface area (Å²) in [5.41, 5.74) is 3.85. The highest BCUT2D eigenvalue weighted by atomic mass is 35.5. The lowest BCUT2D eigenvalue weighted by Crippen LogP contribution is -2.36. The number of imidazole rings is 1. The normalized spacial score (nSPS) is 15.0. The van der Waals surface area contributed by atoms with Crippen molar-refractivity contribution in [1.82, 2.24) is 9.55 Å². The van der Waals surface area contributed by atoms with E-state index in [1.807, 2.05) is 67.1 Å². The summed E-state index contributed by atoms with van der Waals surface area (Å²) in [6, 6.07) is 13.7. The molecule has 2 heterocycles. The first kappa shape index (κ1) is 21.7. The fourth-order valence-corrected chi connectivity index (χ4v) is 4.50. The molecule has 1 amide bonds. The number of amides is 1. The highest BCUT2D eigenvalue weighted by Gasteiger charge is 2.19. The van der Waals surface area contributed by atoms with Gasteiger partial charge in [-0.05, 0) is 55.8 Å². The van der Waals surface area contributed by atoms with Crippen LogP contribution in [0.25, 0.3) is 5.69 Å². The molecule has 1 aliphatic rings. The van der Waals surface area contributed by atoms with Crippen LogP contribution in [0, 0.1) is 6.92 Å². The van der Waals surface area contributed by atoms with Gasteiger partial charge in [0.1, 0.15) is 0 Å². The van der Waals surface area contributed by atoms with Gasteiger partial charge in [0.2, 0.25) is 5.91 Å². The minimum Gasteiger partial charge on any atom is -0.378 e. The number of carbonyl (C=O) groups is 1. The summed E-state index contributed by atoms with van der Waals surface area (Å²) >= 11 is 7.69. The Morgan fingerprint density at radius 1 is 1.19 bits per heavy atom. The molecule has 1 aromatic heterocycles. The van der Waals surface area contributed by atoms with Crippen molar-refractivity contribution in [3.05, 3.63) is 65.4 Å². The van der Waals surface area contributed by atoms with Gasteiger partial charge in [0.05, 0.1) is 24.2 Å². The Morgan fingerprint density at radius 3 is 2.68 bits per heavy atom. The molecule has 162 valence electrons. The van der Waals surface area contributed by atoms with Crippen molar-refractivity contribution in [2.75, 3.05) is 36.5 Å². The van der Waals surface area contributed by atoms with E-state index in [0.29, 0.717) is 5.02 Å². The van der Waals surface area contributed by atoms with Gasteiger partial charge in [-0.3, -0.25) is 9.36 Å². The highest BCUT2D eigenvalue weighted by molar-refractivity contribution is 8.00. The standard InChI is InChI=1S/C23H25ClN4O2S/c1-16-20(24)4-3-5-21(16)28-11-10-25-23(28)31-17(2)22(29)26-18-6-8-19(9-7-18)27-12-14-30-15-13-27/h3-11,17H,12-15H2,1-2H3,(H,26,29). The maximum absolute atomic E-state index is 12.8. The van der Waals surface area contributed by atoms with Gasteiger partial charge < -0.3 is 15.0 Å². The number of carbonyl (C=O) groups excluding carboxylic acids is 1. The summed E-state index contributed by atoms with van der Waals surface area (Å²) in [6.45, 7) is 7.13. The van der Waals surface area contributed by atoms with E-state index in [-0.39, 0.29) is 11.2 Å². The smallest absolute Gasteiger partial charge is 0.237 e. The lowest BCUT2D eigenvalue weighted by Gasteiger charge is -2.28. The molecular weight excluding hydrogens is 432 g/mol. The van der Waals surface area contributed by atoms with E-state index in [2.05, 4.69) is 15.2 Å². The number of thioether (sulfide) groups is 1. The second kappa shape index (κ2) is 9.77. The summed E-state index contributed by atoms with van der Waals surface area (Å²) < 4.78 is 7.37.